The molecule has 2 nitrogen and oxygen atoms in total. The molecule has 0 saturated heterocycles. The van der Waals surface area contributed by atoms with Crippen LogP contribution in [0.4, 0.5) is 0 Å². The molecule has 0 aromatic heterocycles. The van der Waals surface area contributed by atoms with Crippen molar-refractivity contribution < 1.29 is 4.74 Å². The van der Waals surface area contributed by atoms with Crippen LogP contribution in [0.5, 0.6) is 5.75 Å². The fourth-order valence-corrected chi connectivity index (χ4v) is 2.59. The summed E-state index contributed by atoms with van der Waals surface area (Å²) in [5.41, 5.74) is 9.48. The molecule has 0 heterocycles. The summed E-state index contributed by atoms with van der Waals surface area (Å²) in [5, 5.41) is 0. The van der Waals surface area contributed by atoms with E-state index in [-0.39, 0.29) is 0 Å². The number of methoxy groups -OCH3 is 1. The van der Waals surface area contributed by atoms with Crippen LogP contribution in [0.2, 0.25) is 0 Å². The first kappa shape index (κ1) is 14.6. The standard InChI is InChI=1S/C18H23NO/c1-13(2)17(12-19)15-10-8-14(9-11-15)16-6-4-5-7-18(16)20-3/h4-11,13,17H,12,19H2,1-3H3. The summed E-state index contributed by atoms with van der Waals surface area (Å²) < 4.78 is 5.42. The second-order valence-corrected chi connectivity index (χ2v) is 5.41. The first-order valence-electron chi connectivity index (χ1n) is 7.10. The smallest absolute Gasteiger partial charge is 0.126 e. The summed E-state index contributed by atoms with van der Waals surface area (Å²) in [6.07, 6.45) is 0. The van der Waals surface area contributed by atoms with Crippen LogP contribution < -0.4 is 10.5 Å². The van der Waals surface area contributed by atoms with Gasteiger partial charge in [0.25, 0.3) is 0 Å². The SMILES string of the molecule is COc1ccccc1-c1ccc(C(CN)C(C)C)cc1. The van der Waals surface area contributed by atoms with Crippen molar-refractivity contribution in [1.82, 2.24) is 0 Å². The minimum atomic E-state index is 0.418. The number of hydrogen-bond acceptors (Lipinski definition) is 2. The van der Waals surface area contributed by atoms with E-state index in [1.165, 1.54) is 11.1 Å². The third-order valence-corrected chi connectivity index (χ3v) is 3.82. The lowest BCUT2D eigenvalue weighted by atomic mass is 9.87. The van der Waals surface area contributed by atoms with E-state index in [0.717, 1.165) is 11.3 Å². The average molecular weight is 269 g/mol. The molecule has 2 aromatic rings. The van der Waals surface area contributed by atoms with Crippen molar-refractivity contribution in [3.8, 4) is 16.9 Å². The Hall–Kier alpha value is -1.80. The number of para-hydroxylation sites is 1. The monoisotopic (exact) mass is 269 g/mol. The highest BCUT2D eigenvalue weighted by atomic mass is 16.5. The minimum Gasteiger partial charge on any atom is -0.496 e. The van der Waals surface area contributed by atoms with Gasteiger partial charge < -0.3 is 10.5 Å². The fraction of sp³-hybridized carbons (Fsp3) is 0.333. The Kier molecular flexibility index (Phi) is 4.80. The Balaban J connectivity index is 2.32. The van der Waals surface area contributed by atoms with Gasteiger partial charge in [-0.25, -0.2) is 0 Å². The van der Waals surface area contributed by atoms with Gasteiger partial charge in [0.2, 0.25) is 0 Å². The first-order chi connectivity index (χ1) is 9.67. The Bertz CT molecular complexity index is 546. The van der Waals surface area contributed by atoms with Crippen LogP contribution in [0.3, 0.4) is 0 Å². The zero-order chi connectivity index (χ0) is 14.5. The van der Waals surface area contributed by atoms with Crippen molar-refractivity contribution in [3.63, 3.8) is 0 Å². The molecule has 0 radical (unpaired) electrons. The highest BCUT2D eigenvalue weighted by Crippen LogP contribution is 2.31. The largest absolute Gasteiger partial charge is 0.496 e. The first-order valence-corrected chi connectivity index (χ1v) is 7.10. The van der Waals surface area contributed by atoms with Gasteiger partial charge in [-0.2, -0.15) is 0 Å². The second-order valence-electron chi connectivity index (χ2n) is 5.41. The van der Waals surface area contributed by atoms with Crippen molar-refractivity contribution in [2.24, 2.45) is 11.7 Å². The zero-order valence-electron chi connectivity index (χ0n) is 12.5. The van der Waals surface area contributed by atoms with Gasteiger partial charge in [-0.15, -0.1) is 0 Å². The van der Waals surface area contributed by atoms with E-state index in [1.54, 1.807) is 7.11 Å². The van der Waals surface area contributed by atoms with Gasteiger partial charge in [-0.05, 0) is 35.6 Å². The molecular weight excluding hydrogens is 246 g/mol. The van der Waals surface area contributed by atoms with E-state index in [4.69, 9.17) is 10.5 Å². The minimum absolute atomic E-state index is 0.418. The molecule has 1 atom stereocenters. The molecule has 106 valence electrons. The summed E-state index contributed by atoms with van der Waals surface area (Å²) in [6.45, 7) is 5.11. The molecule has 2 aromatic carbocycles. The van der Waals surface area contributed by atoms with Crippen LogP contribution in [0.1, 0.15) is 25.3 Å². The number of nitrogens with two attached hydrogens (primary N) is 1. The van der Waals surface area contributed by atoms with E-state index in [2.05, 4.69) is 44.2 Å². The van der Waals surface area contributed by atoms with Gasteiger partial charge in [0.15, 0.2) is 0 Å². The lowest BCUT2D eigenvalue weighted by Crippen LogP contribution is -2.17. The maximum atomic E-state index is 5.88. The molecular formula is C18H23NO. The molecule has 1 unspecified atom stereocenters. The molecule has 0 amide bonds. The Morgan fingerprint density at radius 3 is 2.20 bits per heavy atom. The molecule has 0 aliphatic rings. The third kappa shape index (κ3) is 3.02. The van der Waals surface area contributed by atoms with Crippen LogP contribution in [-0.4, -0.2) is 13.7 Å². The molecule has 0 spiro atoms. The van der Waals surface area contributed by atoms with Crippen molar-refractivity contribution >= 4 is 0 Å². The Morgan fingerprint density at radius 2 is 1.65 bits per heavy atom. The van der Waals surface area contributed by atoms with Gasteiger partial charge in [-0.1, -0.05) is 56.3 Å². The van der Waals surface area contributed by atoms with Crippen molar-refractivity contribution in [1.29, 1.82) is 0 Å². The molecule has 20 heavy (non-hydrogen) atoms. The fourth-order valence-electron chi connectivity index (χ4n) is 2.59. The zero-order valence-corrected chi connectivity index (χ0v) is 12.5. The third-order valence-electron chi connectivity index (χ3n) is 3.82. The number of rotatable bonds is 5. The molecule has 2 N–H and O–H groups in total. The second kappa shape index (κ2) is 6.58. The maximum Gasteiger partial charge on any atom is 0.126 e. The predicted molar refractivity (Wildman–Crippen MR) is 85.1 cm³/mol. The van der Waals surface area contributed by atoms with Gasteiger partial charge >= 0.3 is 0 Å². The molecule has 2 rings (SSSR count). The van der Waals surface area contributed by atoms with Crippen molar-refractivity contribution in [3.05, 3.63) is 54.1 Å². The van der Waals surface area contributed by atoms with Crippen LogP contribution in [0.25, 0.3) is 11.1 Å². The Morgan fingerprint density at radius 1 is 1.00 bits per heavy atom. The molecule has 0 saturated carbocycles. The summed E-state index contributed by atoms with van der Waals surface area (Å²) in [5.74, 6) is 1.87. The molecule has 0 aliphatic heterocycles. The lowest BCUT2D eigenvalue weighted by molar-refractivity contribution is 0.416. The van der Waals surface area contributed by atoms with Gasteiger partial charge in [0, 0.05) is 5.56 Å². The van der Waals surface area contributed by atoms with Gasteiger partial charge in [0.1, 0.15) is 5.75 Å². The number of hydrogen-bond donors (Lipinski definition) is 1. The maximum absolute atomic E-state index is 5.88. The topological polar surface area (TPSA) is 35.2 Å². The normalized spacial score (nSPS) is 12.4. The van der Waals surface area contributed by atoms with E-state index in [0.29, 0.717) is 18.4 Å². The molecule has 0 bridgehead atoms. The highest BCUT2D eigenvalue weighted by molar-refractivity contribution is 5.70. The van der Waals surface area contributed by atoms with E-state index in [1.807, 2.05) is 18.2 Å². The lowest BCUT2D eigenvalue weighted by Gasteiger charge is -2.19. The molecule has 0 fully saturated rings. The van der Waals surface area contributed by atoms with Crippen LogP contribution in [0.15, 0.2) is 48.5 Å². The van der Waals surface area contributed by atoms with Crippen molar-refractivity contribution in [2.75, 3.05) is 13.7 Å². The summed E-state index contributed by atoms with van der Waals surface area (Å²) in [6, 6.07) is 16.7. The van der Waals surface area contributed by atoms with Crippen LogP contribution >= 0.6 is 0 Å². The van der Waals surface area contributed by atoms with E-state index >= 15 is 0 Å². The highest BCUT2D eigenvalue weighted by Gasteiger charge is 2.14. The molecule has 2 heteroatoms. The van der Waals surface area contributed by atoms with E-state index < -0.39 is 0 Å². The van der Waals surface area contributed by atoms with Gasteiger partial charge in [-0.3, -0.25) is 0 Å². The summed E-state index contributed by atoms with van der Waals surface area (Å²) >= 11 is 0. The Labute approximate surface area is 121 Å². The summed E-state index contributed by atoms with van der Waals surface area (Å²) in [7, 11) is 1.70. The van der Waals surface area contributed by atoms with Gasteiger partial charge in [0.05, 0.1) is 7.11 Å². The van der Waals surface area contributed by atoms with E-state index in [9.17, 15) is 0 Å². The summed E-state index contributed by atoms with van der Waals surface area (Å²) in [4.78, 5) is 0. The van der Waals surface area contributed by atoms with Crippen LogP contribution in [0, 0.1) is 5.92 Å². The quantitative estimate of drug-likeness (QED) is 0.888. The van der Waals surface area contributed by atoms with Crippen LogP contribution in [-0.2, 0) is 0 Å². The number of benzene rings is 2. The average Bonchev–Trinajstić information content (AvgIpc) is 2.48. The predicted octanol–water partition coefficient (Wildman–Crippen LogP) is 4.06. The molecule has 0 aliphatic carbocycles. The number of ether oxygens (including phenoxy) is 1. The van der Waals surface area contributed by atoms with Crippen molar-refractivity contribution in [2.45, 2.75) is 19.8 Å².